The van der Waals surface area contributed by atoms with E-state index in [1.54, 1.807) is 11.0 Å². The first kappa shape index (κ1) is 19.7. The van der Waals surface area contributed by atoms with Gasteiger partial charge in [0.1, 0.15) is 4.90 Å². The SMILES string of the molecule is O=C(N[C@]1(S(=O)(=O)c2c(Cl)cccc2Cl)CCCNC1)N1CCOCC1. The third-order valence-corrected chi connectivity index (χ3v) is 7.99. The topological polar surface area (TPSA) is 87.7 Å². The van der Waals surface area contributed by atoms with Gasteiger partial charge in [-0.2, -0.15) is 0 Å². The fourth-order valence-corrected chi connectivity index (χ4v) is 6.23. The van der Waals surface area contributed by atoms with E-state index in [9.17, 15) is 13.2 Å². The molecule has 1 aromatic carbocycles. The average Bonchev–Trinajstić information content (AvgIpc) is 2.63. The van der Waals surface area contributed by atoms with Crippen molar-refractivity contribution in [3.05, 3.63) is 28.2 Å². The lowest BCUT2D eigenvalue weighted by atomic mass is 10.1. The van der Waals surface area contributed by atoms with E-state index in [-0.39, 0.29) is 27.9 Å². The zero-order chi connectivity index (χ0) is 18.8. The second-order valence-corrected chi connectivity index (χ2v) is 9.37. The van der Waals surface area contributed by atoms with E-state index >= 15 is 0 Å². The van der Waals surface area contributed by atoms with Gasteiger partial charge in [-0.05, 0) is 31.5 Å². The number of amides is 2. The van der Waals surface area contributed by atoms with Crippen LogP contribution in [0.4, 0.5) is 4.79 Å². The number of sulfone groups is 1. The van der Waals surface area contributed by atoms with Crippen LogP contribution in [-0.2, 0) is 14.6 Å². The van der Waals surface area contributed by atoms with Crippen LogP contribution in [0.5, 0.6) is 0 Å². The second kappa shape index (κ2) is 7.90. The van der Waals surface area contributed by atoms with E-state index in [4.69, 9.17) is 27.9 Å². The Labute approximate surface area is 162 Å². The molecule has 2 aliphatic rings. The summed E-state index contributed by atoms with van der Waals surface area (Å²) >= 11 is 12.3. The smallest absolute Gasteiger partial charge is 0.318 e. The number of carbonyl (C=O) groups excluding carboxylic acids is 1. The average molecular weight is 422 g/mol. The minimum atomic E-state index is -4.03. The molecule has 2 saturated heterocycles. The first-order valence-electron chi connectivity index (χ1n) is 8.42. The van der Waals surface area contributed by atoms with Gasteiger partial charge in [-0.1, -0.05) is 29.3 Å². The van der Waals surface area contributed by atoms with Crippen LogP contribution >= 0.6 is 23.2 Å². The van der Waals surface area contributed by atoms with E-state index in [0.29, 0.717) is 39.3 Å². The number of benzene rings is 1. The third-order valence-electron chi connectivity index (χ3n) is 4.68. The summed E-state index contributed by atoms with van der Waals surface area (Å²) in [5.41, 5.74) is 0. The van der Waals surface area contributed by atoms with Crippen LogP contribution in [0, 0.1) is 0 Å². The van der Waals surface area contributed by atoms with Gasteiger partial charge in [0, 0.05) is 19.6 Å². The Morgan fingerprint density at radius 2 is 1.88 bits per heavy atom. The largest absolute Gasteiger partial charge is 0.378 e. The lowest BCUT2D eigenvalue weighted by Gasteiger charge is -2.40. The van der Waals surface area contributed by atoms with Crippen molar-refractivity contribution in [3.63, 3.8) is 0 Å². The highest BCUT2D eigenvalue weighted by Crippen LogP contribution is 2.37. The predicted molar refractivity (Wildman–Crippen MR) is 99.4 cm³/mol. The Morgan fingerprint density at radius 3 is 2.46 bits per heavy atom. The summed E-state index contributed by atoms with van der Waals surface area (Å²) in [5, 5.41) is 5.92. The molecule has 0 aromatic heterocycles. The molecule has 0 saturated carbocycles. The molecule has 2 aliphatic heterocycles. The predicted octanol–water partition coefficient (Wildman–Crippen LogP) is 1.89. The van der Waals surface area contributed by atoms with Gasteiger partial charge in [0.15, 0.2) is 4.87 Å². The van der Waals surface area contributed by atoms with Gasteiger partial charge in [-0.3, -0.25) is 0 Å². The quantitative estimate of drug-likeness (QED) is 0.777. The van der Waals surface area contributed by atoms with Crippen molar-refractivity contribution in [1.29, 1.82) is 0 Å². The van der Waals surface area contributed by atoms with Crippen LogP contribution in [0.25, 0.3) is 0 Å². The van der Waals surface area contributed by atoms with Crippen molar-refractivity contribution in [1.82, 2.24) is 15.5 Å². The number of morpholine rings is 1. The molecule has 26 heavy (non-hydrogen) atoms. The second-order valence-electron chi connectivity index (χ2n) is 6.36. The van der Waals surface area contributed by atoms with Gasteiger partial charge < -0.3 is 20.3 Å². The Balaban J connectivity index is 1.97. The molecule has 7 nitrogen and oxygen atoms in total. The van der Waals surface area contributed by atoms with Gasteiger partial charge in [-0.15, -0.1) is 0 Å². The first-order valence-corrected chi connectivity index (χ1v) is 10.7. The molecule has 2 heterocycles. The van der Waals surface area contributed by atoms with Gasteiger partial charge in [0.25, 0.3) is 0 Å². The molecule has 0 bridgehead atoms. The summed E-state index contributed by atoms with van der Waals surface area (Å²) in [6, 6.07) is 4.12. The highest BCUT2D eigenvalue weighted by atomic mass is 35.5. The van der Waals surface area contributed by atoms with E-state index < -0.39 is 20.7 Å². The maximum absolute atomic E-state index is 13.5. The Morgan fingerprint density at radius 1 is 1.23 bits per heavy atom. The molecule has 2 N–H and O–H groups in total. The maximum atomic E-state index is 13.5. The van der Waals surface area contributed by atoms with Crippen LogP contribution in [0.2, 0.25) is 10.0 Å². The van der Waals surface area contributed by atoms with Crippen LogP contribution in [0.15, 0.2) is 23.1 Å². The zero-order valence-electron chi connectivity index (χ0n) is 14.1. The number of nitrogens with one attached hydrogen (secondary N) is 2. The number of piperidine rings is 1. The Bertz CT molecular complexity index is 755. The molecule has 0 unspecified atom stereocenters. The van der Waals surface area contributed by atoms with E-state index in [1.165, 1.54) is 12.1 Å². The van der Waals surface area contributed by atoms with Crippen molar-refractivity contribution in [3.8, 4) is 0 Å². The molecule has 1 atom stereocenters. The molecule has 2 fully saturated rings. The number of nitrogens with zero attached hydrogens (tertiary/aromatic N) is 1. The van der Waals surface area contributed by atoms with Crippen LogP contribution in [0.3, 0.4) is 0 Å². The fourth-order valence-electron chi connectivity index (χ4n) is 3.26. The van der Waals surface area contributed by atoms with Crippen LogP contribution in [0.1, 0.15) is 12.8 Å². The van der Waals surface area contributed by atoms with Gasteiger partial charge in [0.2, 0.25) is 9.84 Å². The summed E-state index contributed by atoms with van der Waals surface area (Å²) in [5.74, 6) is 0. The minimum Gasteiger partial charge on any atom is -0.378 e. The molecule has 0 radical (unpaired) electrons. The van der Waals surface area contributed by atoms with Crippen molar-refractivity contribution < 1.29 is 17.9 Å². The molecular weight excluding hydrogens is 401 g/mol. The van der Waals surface area contributed by atoms with Crippen molar-refractivity contribution in [2.75, 3.05) is 39.4 Å². The summed E-state index contributed by atoms with van der Waals surface area (Å²) in [4.78, 5) is 12.6. The molecule has 10 heteroatoms. The normalized spacial score (nSPS) is 24.3. The molecule has 0 aliphatic carbocycles. The number of carbonyl (C=O) groups is 1. The lowest BCUT2D eigenvalue weighted by Crippen LogP contribution is -2.64. The molecule has 0 spiro atoms. The van der Waals surface area contributed by atoms with E-state index in [0.717, 1.165) is 0 Å². The highest BCUT2D eigenvalue weighted by Gasteiger charge is 2.49. The number of halogens is 2. The molecule has 144 valence electrons. The molecule has 3 rings (SSSR count). The van der Waals surface area contributed by atoms with Crippen molar-refractivity contribution in [2.45, 2.75) is 22.6 Å². The van der Waals surface area contributed by atoms with Crippen LogP contribution in [-0.4, -0.2) is 63.6 Å². The molecule has 2 amide bonds. The number of hydrogen-bond donors (Lipinski definition) is 2. The van der Waals surface area contributed by atoms with E-state index in [2.05, 4.69) is 10.6 Å². The third kappa shape index (κ3) is 3.66. The molecular formula is C16H21Cl2N3O4S. The van der Waals surface area contributed by atoms with Gasteiger partial charge in [0.05, 0.1) is 23.3 Å². The number of ether oxygens (including phenoxy) is 1. The highest BCUT2D eigenvalue weighted by molar-refractivity contribution is 7.93. The van der Waals surface area contributed by atoms with Crippen LogP contribution < -0.4 is 10.6 Å². The Kier molecular flexibility index (Phi) is 5.98. The summed E-state index contributed by atoms with van der Waals surface area (Å²) in [7, 11) is -4.03. The summed E-state index contributed by atoms with van der Waals surface area (Å²) in [6.45, 7) is 2.47. The minimum absolute atomic E-state index is 0.0445. The number of urea groups is 1. The zero-order valence-corrected chi connectivity index (χ0v) is 16.5. The Hall–Kier alpha value is -1.06. The standard InChI is InChI=1S/C16H21Cl2N3O4S/c17-12-3-1-4-13(18)14(12)26(23,24)16(5-2-6-19-11-16)20-15(22)21-7-9-25-10-8-21/h1,3-4,19H,2,5-11H2,(H,20,22)/t16-/m0/s1. The van der Waals surface area contributed by atoms with Crippen molar-refractivity contribution in [2.24, 2.45) is 0 Å². The van der Waals surface area contributed by atoms with E-state index in [1.807, 2.05) is 0 Å². The first-order chi connectivity index (χ1) is 12.4. The lowest BCUT2D eigenvalue weighted by molar-refractivity contribution is 0.0517. The summed E-state index contributed by atoms with van der Waals surface area (Å²) < 4.78 is 32.3. The number of rotatable bonds is 3. The maximum Gasteiger partial charge on any atom is 0.318 e. The van der Waals surface area contributed by atoms with Crippen molar-refractivity contribution >= 4 is 39.1 Å². The fraction of sp³-hybridized carbons (Fsp3) is 0.562. The van der Waals surface area contributed by atoms with Gasteiger partial charge in [-0.25, -0.2) is 13.2 Å². The van der Waals surface area contributed by atoms with Gasteiger partial charge >= 0.3 is 6.03 Å². The summed E-state index contributed by atoms with van der Waals surface area (Å²) in [6.07, 6.45) is 0.880. The monoisotopic (exact) mass is 421 g/mol. The number of hydrogen-bond acceptors (Lipinski definition) is 5. The molecule has 1 aromatic rings.